The Labute approximate surface area is 48.8 Å². The summed E-state index contributed by atoms with van der Waals surface area (Å²) in [7, 11) is 0. The summed E-state index contributed by atoms with van der Waals surface area (Å²) in [6.07, 6.45) is 4.00. The monoisotopic (exact) mass is 114 g/mol. The molecule has 2 nitrogen and oxygen atoms in total. The highest BCUT2D eigenvalue weighted by molar-refractivity contribution is 4.91. The number of hydrogen-bond acceptors (Lipinski definition) is 2. The molecular formula is C6H10O2. The molecular weight excluding hydrogens is 104 g/mol. The third-order valence-corrected chi connectivity index (χ3v) is 1.12. The molecule has 46 valence electrons. The molecule has 1 unspecified atom stereocenters. The Morgan fingerprint density at radius 2 is 2.50 bits per heavy atom. The van der Waals surface area contributed by atoms with E-state index in [9.17, 15) is 0 Å². The third-order valence-electron chi connectivity index (χ3n) is 1.12. The van der Waals surface area contributed by atoms with E-state index in [0.717, 1.165) is 0 Å². The lowest BCUT2D eigenvalue weighted by Gasteiger charge is -2.17. The summed E-state index contributed by atoms with van der Waals surface area (Å²) in [5.41, 5.74) is 0. The van der Waals surface area contributed by atoms with Gasteiger partial charge in [-0.1, -0.05) is 12.2 Å². The molecule has 0 spiro atoms. The number of rotatable bonds is 0. The SMILES string of the molecule is C[C@@H]1C=CCC(O)O1. The molecule has 0 aromatic rings. The summed E-state index contributed by atoms with van der Waals surface area (Å²) in [5, 5.41) is 8.81. The van der Waals surface area contributed by atoms with Gasteiger partial charge in [-0.25, -0.2) is 0 Å². The fourth-order valence-electron chi connectivity index (χ4n) is 0.735. The van der Waals surface area contributed by atoms with Gasteiger partial charge in [0.1, 0.15) is 0 Å². The van der Waals surface area contributed by atoms with Crippen molar-refractivity contribution in [3.63, 3.8) is 0 Å². The molecule has 0 aromatic carbocycles. The summed E-state index contributed by atoms with van der Waals surface area (Å²) in [6.45, 7) is 1.90. The number of aliphatic hydroxyl groups is 1. The van der Waals surface area contributed by atoms with Crippen LogP contribution in [0.15, 0.2) is 12.2 Å². The van der Waals surface area contributed by atoms with Gasteiger partial charge in [0.05, 0.1) is 6.10 Å². The normalized spacial score (nSPS) is 37.8. The maximum atomic E-state index is 8.81. The number of hydrogen-bond donors (Lipinski definition) is 1. The fourth-order valence-corrected chi connectivity index (χ4v) is 0.735. The molecule has 0 radical (unpaired) electrons. The fraction of sp³-hybridized carbons (Fsp3) is 0.667. The number of aliphatic hydroxyl groups excluding tert-OH is 1. The van der Waals surface area contributed by atoms with E-state index >= 15 is 0 Å². The first-order valence-corrected chi connectivity index (χ1v) is 2.79. The van der Waals surface area contributed by atoms with E-state index in [4.69, 9.17) is 9.84 Å². The first kappa shape index (κ1) is 5.79. The van der Waals surface area contributed by atoms with Crippen molar-refractivity contribution in [3.05, 3.63) is 12.2 Å². The van der Waals surface area contributed by atoms with E-state index < -0.39 is 6.29 Å². The Hall–Kier alpha value is -0.340. The highest BCUT2D eigenvalue weighted by Gasteiger charge is 2.09. The molecule has 1 aliphatic rings. The largest absolute Gasteiger partial charge is 0.368 e. The summed E-state index contributed by atoms with van der Waals surface area (Å²) < 4.78 is 4.95. The Kier molecular flexibility index (Phi) is 1.65. The van der Waals surface area contributed by atoms with E-state index in [2.05, 4.69) is 0 Å². The molecule has 0 amide bonds. The van der Waals surface area contributed by atoms with Crippen LogP contribution in [0.1, 0.15) is 13.3 Å². The number of ether oxygens (including phenoxy) is 1. The zero-order valence-corrected chi connectivity index (χ0v) is 4.87. The summed E-state index contributed by atoms with van der Waals surface area (Å²) in [6, 6.07) is 0. The average molecular weight is 114 g/mol. The van der Waals surface area contributed by atoms with Gasteiger partial charge in [0.2, 0.25) is 0 Å². The summed E-state index contributed by atoms with van der Waals surface area (Å²) in [5.74, 6) is 0. The zero-order chi connectivity index (χ0) is 5.98. The molecule has 0 aromatic heterocycles. The van der Waals surface area contributed by atoms with Gasteiger partial charge in [-0.3, -0.25) is 0 Å². The van der Waals surface area contributed by atoms with Gasteiger partial charge in [0.15, 0.2) is 6.29 Å². The lowest BCUT2D eigenvalue weighted by Crippen LogP contribution is -2.20. The predicted molar refractivity (Wildman–Crippen MR) is 30.3 cm³/mol. The van der Waals surface area contributed by atoms with Crippen LogP contribution < -0.4 is 0 Å². The van der Waals surface area contributed by atoms with Crippen molar-refractivity contribution in [1.29, 1.82) is 0 Å². The molecule has 0 saturated heterocycles. The van der Waals surface area contributed by atoms with Gasteiger partial charge in [-0.15, -0.1) is 0 Å². The Morgan fingerprint density at radius 3 is 2.88 bits per heavy atom. The minimum atomic E-state index is -0.574. The Bertz CT molecular complexity index is 98.7. The first-order valence-electron chi connectivity index (χ1n) is 2.79. The highest BCUT2D eigenvalue weighted by Crippen LogP contribution is 2.07. The molecule has 2 heteroatoms. The van der Waals surface area contributed by atoms with Crippen molar-refractivity contribution in [1.82, 2.24) is 0 Å². The molecule has 1 aliphatic heterocycles. The van der Waals surface area contributed by atoms with Crippen LogP contribution in [-0.4, -0.2) is 17.5 Å². The molecule has 0 bridgehead atoms. The van der Waals surface area contributed by atoms with E-state index in [1.165, 1.54) is 0 Å². The van der Waals surface area contributed by atoms with Crippen molar-refractivity contribution < 1.29 is 9.84 Å². The van der Waals surface area contributed by atoms with Crippen LogP contribution in [0.5, 0.6) is 0 Å². The quantitative estimate of drug-likeness (QED) is 0.469. The molecule has 1 heterocycles. The Morgan fingerprint density at radius 1 is 1.75 bits per heavy atom. The lowest BCUT2D eigenvalue weighted by molar-refractivity contribution is -0.120. The highest BCUT2D eigenvalue weighted by atomic mass is 16.6. The van der Waals surface area contributed by atoms with Gasteiger partial charge >= 0.3 is 0 Å². The molecule has 1 N–H and O–H groups in total. The van der Waals surface area contributed by atoms with Crippen LogP contribution >= 0.6 is 0 Å². The summed E-state index contributed by atoms with van der Waals surface area (Å²) in [4.78, 5) is 0. The van der Waals surface area contributed by atoms with Crippen molar-refractivity contribution in [2.45, 2.75) is 25.7 Å². The van der Waals surface area contributed by atoms with Gasteiger partial charge in [-0.05, 0) is 6.92 Å². The van der Waals surface area contributed by atoms with Crippen molar-refractivity contribution >= 4 is 0 Å². The average Bonchev–Trinajstić information content (AvgIpc) is 1.64. The van der Waals surface area contributed by atoms with Crippen LogP contribution in [0, 0.1) is 0 Å². The molecule has 2 atom stereocenters. The minimum Gasteiger partial charge on any atom is -0.368 e. The lowest BCUT2D eigenvalue weighted by atomic mass is 10.2. The van der Waals surface area contributed by atoms with Gasteiger partial charge in [-0.2, -0.15) is 0 Å². The molecule has 0 saturated carbocycles. The smallest absolute Gasteiger partial charge is 0.158 e. The summed E-state index contributed by atoms with van der Waals surface area (Å²) >= 11 is 0. The van der Waals surface area contributed by atoms with Crippen LogP contribution in [0.2, 0.25) is 0 Å². The molecule has 1 rings (SSSR count). The van der Waals surface area contributed by atoms with Gasteiger partial charge < -0.3 is 9.84 Å². The van der Waals surface area contributed by atoms with E-state index in [1.807, 2.05) is 19.1 Å². The van der Waals surface area contributed by atoms with Crippen molar-refractivity contribution in [2.24, 2.45) is 0 Å². The first-order chi connectivity index (χ1) is 3.79. The van der Waals surface area contributed by atoms with Crippen LogP contribution in [0.4, 0.5) is 0 Å². The maximum absolute atomic E-state index is 8.81. The van der Waals surface area contributed by atoms with E-state index in [-0.39, 0.29) is 6.10 Å². The van der Waals surface area contributed by atoms with E-state index in [1.54, 1.807) is 0 Å². The van der Waals surface area contributed by atoms with Crippen LogP contribution in [-0.2, 0) is 4.74 Å². The van der Waals surface area contributed by atoms with Crippen molar-refractivity contribution in [3.8, 4) is 0 Å². The standard InChI is InChI=1S/C6H10O2/c1-5-3-2-4-6(7)8-5/h2-3,5-7H,4H2,1H3/t5-,6?/m1/s1. The van der Waals surface area contributed by atoms with Gasteiger partial charge in [0, 0.05) is 6.42 Å². The maximum Gasteiger partial charge on any atom is 0.158 e. The molecule has 0 fully saturated rings. The zero-order valence-electron chi connectivity index (χ0n) is 4.87. The Balaban J connectivity index is 2.42. The molecule has 8 heavy (non-hydrogen) atoms. The predicted octanol–water partition coefficient (Wildman–Crippen LogP) is 0.670. The van der Waals surface area contributed by atoms with Crippen molar-refractivity contribution in [2.75, 3.05) is 0 Å². The second-order valence-electron chi connectivity index (χ2n) is 1.96. The third kappa shape index (κ3) is 1.32. The second-order valence-corrected chi connectivity index (χ2v) is 1.96. The van der Waals surface area contributed by atoms with Gasteiger partial charge in [0.25, 0.3) is 0 Å². The second kappa shape index (κ2) is 2.29. The van der Waals surface area contributed by atoms with Crippen LogP contribution in [0.3, 0.4) is 0 Å². The molecule has 0 aliphatic carbocycles. The van der Waals surface area contributed by atoms with E-state index in [0.29, 0.717) is 6.42 Å². The topological polar surface area (TPSA) is 29.5 Å². The van der Waals surface area contributed by atoms with Crippen LogP contribution in [0.25, 0.3) is 0 Å². The minimum absolute atomic E-state index is 0.0822.